The highest BCUT2D eigenvalue weighted by atomic mass is 79.9. The van der Waals surface area contributed by atoms with E-state index in [1.54, 1.807) is 24.3 Å². The van der Waals surface area contributed by atoms with E-state index < -0.39 is 5.54 Å². The van der Waals surface area contributed by atoms with Crippen molar-refractivity contribution in [2.45, 2.75) is 24.9 Å². The van der Waals surface area contributed by atoms with Crippen LogP contribution in [0, 0.1) is 11.6 Å². The van der Waals surface area contributed by atoms with Crippen LogP contribution in [0.4, 0.5) is 8.78 Å². The minimum Gasteiger partial charge on any atom is -0.352 e. The lowest BCUT2D eigenvalue weighted by molar-refractivity contribution is -0.128. The summed E-state index contributed by atoms with van der Waals surface area (Å²) in [7, 11) is 0. The third-order valence-corrected chi connectivity index (χ3v) is 5.90. The van der Waals surface area contributed by atoms with Crippen LogP contribution in [0.25, 0.3) is 17.0 Å². The molecular formula is C23H20BrF2N3O2. The fourth-order valence-corrected chi connectivity index (χ4v) is 3.82. The number of halogens is 3. The van der Waals surface area contributed by atoms with Gasteiger partial charge in [-0.2, -0.15) is 0 Å². The molecule has 0 radical (unpaired) electrons. The minimum atomic E-state index is -0.882. The number of nitrogens with one attached hydrogen (secondary N) is 2. The molecule has 160 valence electrons. The van der Waals surface area contributed by atoms with Crippen molar-refractivity contribution in [1.29, 1.82) is 0 Å². The average molecular weight is 488 g/mol. The maximum absolute atomic E-state index is 13.3. The first-order valence-corrected chi connectivity index (χ1v) is 10.6. The van der Waals surface area contributed by atoms with Crippen LogP contribution in [0.3, 0.4) is 0 Å². The second-order valence-corrected chi connectivity index (χ2v) is 8.40. The van der Waals surface area contributed by atoms with Gasteiger partial charge in [0.25, 0.3) is 0 Å². The van der Waals surface area contributed by atoms with E-state index in [1.807, 2.05) is 16.8 Å². The van der Waals surface area contributed by atoms with Crippen molar-refractivity contribution >= 4 is 44.7 Å². The van der Waals surface area contributed by atoms with Gasteiger partial charge < -0.3 is 15.2 Å². The van der Waals surface area contributed by atoms with Crippen LogP contribution in [-0.4, -0.2) is 28.5 Å². The Kier molecular flexibility index (Phi) is 5.91. The molecule has 1 aliphatic rings. The molecule has 1 aromatic heterocycles. The van der Waals surface area contributed by atoms with E-state index in [0.717, 1.165) is 10.9 Å². The molecule has 8 heteroatoms. The molecular weight excluding hydrogens is 468 g/mol. The molecule has 3 aromatic rings. The summed E-state index contributed by atoms with van der Waals surface area (Å²) in [5, 5.41) is 6.45. The van der Waals surface area contributed by atoms with Gasteiger partial charge in [-0.15, -0.1) is 0 Å². The van der Waals surface area contributed by atoms with E-state index in [9.17, 15) is 18.4 Å². The van der Waals surface area contributed by atoms with E-state index in [1.165, 1.54) is 24.3 Å². The fraction of sp³-hybridized carbons (Fsp3) is 0.217. The monoisotopic (exact) mass is 487 g/mol. The van der Waals surface area contributed by atoms with Gasteiger partial charge in [-0.25, -0.2) is 8.78 Å². The first-order chi connectivity index (χ1) is 14.9. The Morgan fingerprint density at radius 2 is 1.94 bits per heavy atom. The smallest absolute Gasteiger partial charge is 0.245 e. The first-order valence-electron chi connectivity index (χ1n) is 9.84. The Balaban J connectivity index is 1.30. The van der Waals surface area contributed by atoms with E-state index in [0.29, 0.717) is 36.0 Å². The summed E-state index contributed by atoms with van der Waals surface area (Å²) < 4.78 is 28.9. The maximum atomic E-state index is 13.3. The standard InChI is InChI=1S/C23H20BrF2N3O2/c24-18-13-15(1-4-19(18)26)2-6-21(30)28-23(8-9-23)22(31)27-10-12-29-11-7-16-14-17(25)3-5-20(16)29/h1-7,11,13-14H,8-10,12H2,(H,27,31)(H,28,30)/b6-2+. The van der Waals surface area contributed by atoms with Crippen LogP contribution in [0.1, 0.15) is 18.4 Å². The fourth-order valence-electron chi connectivity index (χ4n) is 3.42. The summed E-state index contributed by atoms with van der Waals surface area (Å²) in [5.74, 6) is -1.27. The van der Waals surface area contributed by atoms with Crippen LogP contribution in [0.15, 0.2) is 59.2 Å². The Morgan fingerprint density at radius 3 is 2.68 bits per heavy atom. The largest absolute Gasteiger partial charge is 0.352 e. The molecule has 1 aliphatic carbocycles. The number of carbonyl (C=O) groups excluding carboxylic acids is 2. The third kappa shape index (κ3) is 4.85. The lowest BCUT2D eigenvalue weighted by Crippen LogP contribution is -2.49. The molecule has 2 amide bonds. The summed E-state index contributed by atoms with van der Waals surface area (Å²) in [6.07, 6.45) is 5.90. The molecule has 1 heterocycles. The molecule has 1 saturated carbocycles. The molecule has 2 N–H and O–H groups in total. The Morgan fingerprint density at radius 1 is 1.13 bits per heavy atom. The Hall–Kier alpha value is -3.00. The molecule has 2 aromatic carbocycles. The SMILES string of the molecule is O=C(/C=C/c1ccc(F)c(Br)c1)NC1(C(=O)NCCn2ccc3cc(F)ccc32)CC1. The van der Waals surface area contributed by atoms with Crippen LogP contribution in [-0.2, 0) is 16.1 Å². The van der Waals surface area contributed by atoms with Crippen LogP contribution in [0.5, 0.6) is 0 Å². The molecule has 0 saturated heterocycles. The molecule has 0 unspecified atom stereocenters. The molecule has 4 rings (SSSR count). The Labute approximate surface area is 186 Å². The van der Waals surface area contributed by atoms with Crippen LogP contribution >= 0.6 is 15.9 Å². The number of rotatable bonds is 7. The van der Waals surface area contributed by atoms with Gasteiger partial charge in [0.2, 0.25) is 11.8 Å². The molecule has 5 nitrogen and oxygen atoms in total. The van der Waals surface area contributed by atoms with Crippen molar-refractivity contribution in [3.8, 4) is 0 Å². The highest BCUT2D eigenvalue weighted by Gasteiger charge is 2.50. The highest BCUT2D eigenvalue weighted by molar-refractivity contribution is 9.10. The van der Waals surface area contributed by atoms with Crippen LogP contribution < -0.4 is 10.6 Å². The lowest BCUT2D eigenvalue weighted by Gasteiger charge is -2.16. The summed E-state index contributed by atoms with van der Waals surface area (Å²) in [5.41, 5.74) is 0.673. The lowest BCUT2D eigenvalue weighted by atomic mass is 10.2. The maximum Gasteiger partial charge on any atom is 0.245 e. The number of hydrogen-bond donors (Lipinski definition) is 2. The number of nitrogens with zero attached hydrogens (tertiary/aromatic N) is 1. The van der Waals surface area contributed by atoms with Gasteiger partial charge >= 0.3 is 0 Å². The first kappa shape index (κ1) is 21.2. The van der Waals surface area contributed by atoms with E-state index in [2.05, 4.69) is 26.6 Å². The second kappa shape index (κ2) is 8.63. The predicted molar refractivity (Wildman–Crippen MR) is 118 cm³/mol. The molecule has 1 fully saturated rings. The molecule has 0 atom stereocenters. The quantitative estimate of drug-likeness (QED) is 0.491. The van der Waals surface area contributed by atoms with Gasteiger partial charge in [0.15, 0.2) is 0 Å². The zero-order chi connectivity index (χ0) is 22.0. The molecule has 0 aliphatic heterocycles. The summed E-state index contributed by atoms with van der Waals surface area (Å²) in [4.78, 5) is 24.9. The average Bonchev–Trinajstić information content (AvgIpc) is 3.42. The van der Waals surface area contributed by atoms with Gasteiger partial charge in [0.05, 0.1) is 4.47 Å². The van der Waals surface area contributed by atoms with Gasteiger partial charge in [0.1, 0.15) is 17.2 Å². The summed E-state index contributed by atoms with van der Waals surface area (Å²) in [6, 6.07) is 10.8. The van der Waals surface area contributed by atoms with Gasteiger partial charge in [-0.05, 0) is 76.8 Å². The molecule has 0 bridgehead atoms. The topological polar surface area (TPSA) is 63.1 Å². The third-order valence-electron chi connectivity index (χ3n) is 5.29. The second-order valence-electron chi connectivity index (χ2n) is 7.55. The predicted octanol–water partition coefficient (Wildman–Crippen LogP) is 4.16. The van der Waals surface area contributed by atoms with Crippen molar-refractivity contribution in [3.63, 3.8) is 0 Å². The molecule has 31 heavy (non-hydrogen) atoms. The van der Waals surface area contributed by atoms with Crippen molar-refractivity contribution in [2.75, 3.05) is 6.54 Å². The van der Waals surface area contributed by atoms with Crippen molar-refractivity contribution in [1.82, 2.24) is 15.2 Å². The Bertz CT molecular complexity index is 1180. The van der Waals surface area contributed by atoms with Crippen molar-refractivity contribution in [2.24, 2.45) is 0 Å². The number of aromatic nitrogens is 1. The van der Waals surface area contributed by atoms with Gasteiger partial charge in [-0.1, -0.05) is 6.07 Å². The summed E-state index contributed by atoms with van der Waals surface area (Å²) >= 11 is 3.10. The minimum absolute atomic E-state index is 0.221. The normalized spacial score (nSPS) is 14.7. The van der Waals surface area contributed by atoms with Crippen molar-refractivity contribution in [3.05, 3.63) is 76.4 Å². The zero-order valence-corrected chi connectivity index (χ0v) is 18.1. The molecule has 0 spiro atoms. The van der Waals surface area contributed by atoms with Gasteiger partial charge in [0, 0.05) is 36.3 Å². The highest BCUT2D eigenvalue weighted by Crippen LogP contribution is 2.35. The van der Waals surface area contributed by atoms with E-state index >= 15 is 0 Å². The van der Waals surface area contributed by atoms with Gasteiger partial charge in [-0.3, -0.25) is 9.59 Å². The number of fused-ring (bicyclic) bond motifs is 1. The van der Waals surface area contributed by atoms with E-state index in [4.69, 9.17) is 0 Å². The number of hydrogen-bond acceptors (Lipinski definition) is 2. The van der Waals surface area contributed by atoms with Crippen LogP contribution in [0.2, 0.25) is 0 Å². The zero-order valence-electron chi connectivity index (χ0n) is 16.5. The van der Waals surface area contributed by atoms with Crippen molar-refractivity contribution < 1.29 is 18.4 Å². The number of carbonyl (C=O) groups is 2. The van der Waals surface area contributed by atoms with E-state index in [-0.39, 0.29) is 23.4 Å². The number of amides is 2. The summed E-state index contributed by atoms with van der Waals surface area (Å²) in [6.45, 7) is 0.918. The number of benzene rings is 2.